The number of aliphatic imine (C=N–C) groups is 1. The number of thiazole rings is 1. The van der Waals surface area contributed by atoms with Crippen molar-refractivity contribution in [2.75, 3.05) is 6.61 Å². The van der Waals surface area contributed by atoms with Crippen molar-refractivity contribution < 1.29 is 9.84 Å². The van der Waals surface area contributed by atoms with Crippen molar-refractivity contribution in [3.63, 3.8) is 0 Å². The average Bonchev–Trinajstić information content (AvgIpc) is 3.12. The first kappa shape index (κ1) is 18.2. The molecule has 0 radical (unpaired) electrons. The summed E-state index contributed by atoms with van der Waals surface area (Å²) in [6.45, 7) is 4.48. The van der Waals surface area contributed by atoms with Crippen molar-refractivity contribution in [1.82, 2.24) is 4.98 Å². The summed E-state index contributed by atoms with van der Waals surface area (Å²) in [5.41, 5.74) is 5.08. The van der Waals surface area contributed by atoms with Gasteiger partial charge in [0.15, 0.2) is 11.5 Å². The molecule has 4 aromatic rings. The van der Waals surface area contributed by atoms with Gasteiger partial charge in [0.2, 0.25) is 0 Å². The number of nitrogens with zero attached hydrogens (tertiary/aromatic N) is 2. The SMILES string of the molecule is CCOc1cc(C=Nc2ccc(-c3nc4ccc(C)cc4s3)cc2)ccc1O. The standard InChI is InChI=1S/C23H20N2O2S/c1-3-27-21-13-16(5-11-20(21)26)14-24-18-8-6-17(7-9-18)23-25-19-10-4-15(2)12-22(19)28-23/h4-14,26H,3H2,1-2H3. The zero-order valence-corrected chi connectivity index (χ0v) is 16.5. The minimum Gasteiger partial charge on any atom is -0.504 e. The Bertz CT molecular complexity index is 1150. The highest BCUT2D eigenvalue weighted by Crippen LogP contribution is 2.32. The number of fused-ring (bicyclic) bond motifs is 1. The van der Waals surface area contributed by atoms with Crippen molar-refractivity contribution in [3.8, 4) is 22.1 Å². The zero-order chi connectivity index (χ0) is 19.5. The average molecular weight is 388 g/mol. The van der Waals surface area contributed by atoms with Crippen LogP contribution in [0.5, 0.6) is 11.5 Å². The van der Waals surface area contributed by atoms with Gasteiger partial charge in [0, 0.05) is 11.8 Å². The van der Waals surface area contributed by atoms with Gasteiger partial charge in [-0.3, -0.25) is 4.99 Å². The van der Waals surface area contributed by atoms with E-state index in [1.165, 1.54) is 10.3 Å². The minimum atomic E-state index is 0.134. The second-order valence-corrected chi connectivity index (χ2v) is 7.49. The maximum absolute atomic E-state index is 9.78. The van der Waals surface area contributed by atoms with E-state index in [1.807, 2.05) is 31.2 Å². The summed E-state index contributed by atoms with van der Waals surface area (Å²) in [4.78, 5) is 9.24. The molecule has 0 bridgehead atoms. The van der Waals surface area contributed by atoms with Gasteiger partial charge in [-0.1, -0.05) is 6.07 Å². The number of aryl methyl sites for hydroxylation is 1. The van der Waals surface area contributed by atoms with E-state index < -0.39 is 0 Å². The topological polar surface area (TPSA) is 54.7 Å². The fourth-order valence-corrected chi connectivity index (χ4v) is 3.95. The fourth-order valence-electron chi connectivity index (χ4n) is 2.88. The van der Waals surface area contributed by atoms with Crippen LogP contribution in [0.1, 0.15) is 18.1 Å². The Morgan fingerprint density at radius 1 is 1.07 bits per heavy atom. The number of aromatic hydroxyl groups is 1. The van der Waals surface area contributed by atoms with E-state index >= 15 is 0 Å². The Hall–Kier alpha value is -3.18. The molecule has 140 valence electrons. The third-order valence-corrected chi connectivity index (χ3v) is 5.37. The van der Waals surface area contributed by atoms with Gasteiger partial charge in [0.25, 0.3) is 0 Å². The van der Waals surface area contributed by atoms with Gasteiger partial charge in [-0.2, -0.15) is 0 Å². The number of phenolic OH excluding ortho intramolecular Hbond substituents is 1. The third-order valence-electron chi connectivity index (χ3n) is 4.30. The molecular weight excluding hydrogens is 368 g/mol. The third kappa shape index (κ3) is 3.89. The van der Waals surface area contributed by atoms with Crippen molar-refractivity contribution in [2.24, 2.45) is 4.99 Å². The fraction of sp³-hybridized carbons (Fsp3) is 0.130. The maximum Gasteiger partial charge on any atom is 0.161 e. The monoisotopic (exact) mass is 388 g/mol. The van der Waals surface area contributed by atoms with E-state index in [-0.39, 0.29) is 5.75 Å². The molecule has 0 amide bonds. The number of phenols is 1. The van der Waals surface area contributed by atoms with Gasteiger partial charge in [-0.05, 0) is 79.6 Å². The second-order valence-electron chi connectivity index (χ2n) is 6.46. The predicted octanol–water partition coefficient (Wildman–Crippen LogP) is 6.13. The number of hydrogen-bond donors (Lipinski definition) is 1. The number of benzene rings is 3. The van der Waals surface area contributed by atoms with Gasteiger partial charge in [0.05, 0.1) is 22.5 Å². The van der Waals surface area contributed by atoms with Crippen LogP contribution in [0.3, 0.4) is 0 Å². The lowest BCUT2D eigenvalue weighted by Gasteiger charge is -2.06. The lowest BCUT2D eigenvalue weighted by molar-refractivity contribution is 0.318. The first-order valence-corrected chi connectivity index (χ1v) is 9.91. The van der Waals surface area contributed by atoms with E-state index in [2.05, 4.69) is 30.1 Å². The quantitative estimate of drug-likeness (QED) is 0.419. The maximum atomic E-state index is 9.78. The number of rotatable bonds is 5. The van der Waals surface area contributed by atoms with Gasteiger partial charge in [-0.15, -0.1) is 11.3 Å². The molecule has 1 aromatic heterocycles. The van der Waals surface area contributed by atoms with Gasteiger partial charge >= 0.3 is 0 Å². The van der Waals surface area contributed by atoms with Crippen molar-refractivity contribution in [2.45, 2.75) is 13.8 Å². The molecule has 0 unspecified atom stereocenters. The Morgan fingerprint density at radius 2 is 1.89 bits per heavy atom. The molecule has 4 rings (SSSR count). The summed E-state index contributed by atoms with van der Waals surface area (Å²) in [6, 6.07) is 19.6. The van der Waals surface area contributed by atoms with Crippen molar-refractivity contribution >= 4 is 33.5 Å². The van der Waals surface area contributed by atoms with Gasteiger partial charge in [-0.25, -0.2) is 4.98 Å². The molecule has 0 saturated carbocycles. The van der Waals surface area contributed by atoms with Crippen LogP contribution in [-0.4, -0.2) is 22.9 Å². The molecule has 0 aliphatic rings. The van der Waals surface area contributed by atoms with Crippen molar-refractivity contribution in [1.29, 1.82) is 0 Å². The normalized spacial score (nSPS) is 11.4. The van der Waals surface area contributed by atoms with Crippen molar-refractivity contribution in [3.05, 3.63) is 71.8 Å². The van der Waals surface area contributed by atoms with Crippen LogP contribution in [0.15, 0.2) is 65.7 Å². The highest BCUT2D eigenvalue weighted by Gasteiger charge is 2.06. The lowest BCUT2D eigenvalue weighted by Crippen LogP contribution is -1.93. The smallest absolute Gasteiger partial charge is 0.161 e. The summed E-state index contributed by atoms with van der Waals surface area (Å²) in [5, 5.41) is 10.8. The minimum absolute atomic E-state index is 0.134. The molecule has 0 spiro atoms. The molecule has 3 aromatic carbocycles. The second kappa shape index (κ2) is 7.82. The Kier molecular flexibility index (Phi) is 5.08. The summed E-state index contributed by atoms with van der Waals surface area (Å²) in [5.74, 6) is 0.599. The van der Waals surface area contributed by atoms with Gasteiger partial charge in [0.1, 0.15) is 5.01 Å². The van der Waals surface area contributed by atoms with Crippen LogP contribution in [0.2, 0.25) is 0 Å². The Balaban J connectivity index is 1.54. The summed E-state index contributed by atoms with van der Waals surface area (Å²) in [7, 11) is 0. The molecule has 0 saturated heterocycles. The van der Waals surface area contributed by atoms with Crippen LogP contribution in [0.25, 0.3) is 20.8 Å². The molecule has 0 fully saturated rings. The van der Waals surface area contributed by atoms with Crippen LogP contribution >= 0.6 is 11.3 Å². The summed E-state index contributed by atoms with van der Waals surface area (Å²) < 4.78 is 6.61. The van der Waals surface area contributed by atoms with Crippen LogP contribution in [-0.2, 0) is 0 Å². The van der Waals surface area contributed by atoms with E-state index in [0.717, 1.165) is 27.3 Å². The molecular formula is C23H20N2O2S. The molecule has 5 heteroatoms. The van der Waals surface area contributed by atoms with E-state index in [0.29, 0.717) is 12.4 Å². The molecule has 1 N–H and O–H groups in total. The number of aromatic nitrogens is 1. The van der Waals surface area contributed by atoms with E-state index in [9.17, 15) is 5.11 Å². The first-order chi connectivity index (χ1) is 13.6. The highest BCUT2D eigenvalue weighted by molar-refractivity contribution is 7.21. The molecule has 0 aliphatic heterocycles. The number of hydrogen-bond acceptors (Lipinski definition) is 5. The highest BCUT2D eigenvalue weighted by atomic mass is 32.1. The Morgan fingerprint density at radius 3 is 2.68 bits per heavy atom. The van der Waals surface area contributed by atoms with Crippen LogP contribution in [0.4, 0.5) is 5.69 Å². The molecule has 4 nitrogen and oxygen atoms in total. The molecule has 0 atom stereocenters. The van der Waals surface area contributed by atoms with Gasteiger partial charge < -0.3 is 9.84 Å². The van der Waals surface area contributed by atoms with Crippen LogP contribution < -0.4 is 4.74 Å². The first-order valence-electron chi connectivity index (χ1n) is 9.10. The summed E-state index contributed by atoms with van der Waals surface area (Å²) >= 11 is 1.70. The van der Waals surface area contributed by atoms with E-state index in [1.54, 1.807) is 35.8 Å². The van der Waals surface area contributed by atoms with Crippen LogP contribution in [0, 0.1) is 6.92 Å². The summed E-state index contributed by atoms with van der Waals surface area (Å²) in [6.07, 6.45) is 1.76. The predicted molar refractivity (Wildman–Crippen MR) is 116 cm³/mol. The number of ether oxygens (including phenoxy) is 1. The Labute approximate surface area is 167 Å². The molecule has 0 aliphatic carbocycles. The zero-order valence-electron chi connectivity index (χ0n) is 15.7. The largest absolute Gasteiger partial charge is 0.504 e. The molecule has 28 heavy (non-hydrogen) atoms. The van der Waals surface area contributed by atoms with E-state index in [4.69, 9.17) is 9.72 Å². The molecule has 1 heterocycles. The lowest BCUT2D eigenvalue weighted by atomic mass is 10.2.